The second-order valence-corrected chi connectivity index (χ2v) is 4.24. The molecule has 18 heavy (non-hydrogen) atoms. The summed E-state index contributed by atoms with van der Waals surface area (Å²) in [6.45, 7) is -0.0242. The maximum absolute atomic E-state index is 12.1. The van der Waals surface area contributed by atoms with E-state index in [0.717, 1.165) is 0 Å². The Labute approximate surface area is 104 Å². The van der Waals surface area contributed by atoms with Crippen molar-refractivity contribution >= 4 is 22.5 Å². The Kier molecular flexibility index (Phi) is 3.01. The molecule has 0 aliphatic heterocycles. The first-order valence-electron chi connectivity index (χ1n) is 5.44. The zero-order chi connectivity index (χ0) is 13.3. The zero-order valence-corrected chi connectivity index (χ0v) is 10.3. The van der Waals surface area contributed by atoms with Gasteiger partial charge in [0.05, 0.1) is 17.2 Å². The van der Waals surface area contributed by atoms with Gasteiger partial charge in [-0.05, 0) is 18.2 Å². The van der Waals surface area contributed by atoms with Gasteiger partial charge in [-0.3, -0.25) is 14.2 Å². The van der Waals surface area contributed by atoms with Crippen LogP contribution in [-0.2, 0) is 11.3 Å². The Morgan fingerprint density at radius 1 is 1.44 bits per heavy atom. The van der Waals surface area contributed by atoms with E-state index in [1.54, 1.807) is 32.3 Å². The van der Waals surface area contributed by atoms with Crippen LogP contribution in [0.5, 0.6) is 0 Å². The van der Waals surface area contributed by atoms with Gasteiger partial charge >= 0.3 is 0 Å². The number of carbonyl (C=O) groups excluding carboxylic acids is 1. The molecule has 1 amide bonds. The van der Waals surface area contributed by atoms with Gasteiger partial charge in [-0.2, -0.15) is 0 Å². The topological polar surface area (TPSA) is 81.2 Å². The zero-order valence-electron chi connectivity index (χ0n) is 10.3. The summed E-state index contributed by atoms with van der Waals surface area (Å²) >= 11 is 0. The SMILES string of the molecule is CN(C)C(=O)Cn1cnc2ccc(N)cc2c1=O. The molecular weight excluding hydrogens is 232 g/mol. The number of aromatic nitrogens is 2. The predicted molar refractivity (Wildman–Crippen MR) is 69.1 cm³/mol. The summed E-state index contributed by atoms with van der Waals surface area (Å²) in [5, 5.41) is 0.420. The van der Waals surface area contributed by atoms with Gasteiger partial charge in [0.2, 0.25) is 5.91 Å². The van der Waals surface area contributed by atoms with Gasteiger partial charge in [0, 0.05) is 19.8 Å². The average Bonchev–Trinajstić information content (AvgIpc) is 2.33. The number of benzene rings is 1. The summed E-state index contributed by atoms with van der Waals surface area (Å²) in [6, 6.07) is 4.94. The van der Waals surface area contributed by atoms with Crippen molar-refractivity contribution < 1.29 is 4.79 Å². The average molecular weight is 246 g/mol. The number of rotatable bonds is 2. The molecule has 0 aliphatic carbocycles. The quantitative estimate of drug-likeness (QED) is 0.760. The van der Waals surface area contributed by atoms with E-state index < -0.39 is 0 Å². The molecule has 2 rings (SSSR count). The van der Waals surface area contributed by atoms with Crippen molar-refractivity contribution in [3.63, 3.8) is 0 Å². The van der Waals surface area contributed by atoms with Crippen LogP contribution in [0.15, 0.2) is 29.3 Å². The number of likely N-dealkylation sites (N-methyl/N-ethyl adjacent to an activating group) is 1. The van der Waals surface area contributed by atoms with Crippen molar-refractivity contribution in [1.29, 1.82) is 0 Å². The van der Waals surface area contributed by atoms with E-state index in [2.05, 4.69) is 4.98 Å². The first-order valence-corrected chi connectivity index (χ1v) is 5.44. The smallest absolute Gasteiger partial charge is 0.261 e. The van der Waals surface area contributed by atoms with Crippen LogP contribution >= 0.6 is 0 Å². The lowest BCUT2D eigenvalue weighted by molar-refractivity contribution is -0.129. The number of carbonyl (C=O) groups is 1. The Morgan fingerprint density at radius 2 is 2.17 bits per heavy atom. The van der Waals surface area contributed by atoms with Crippen LogP contribution in [0.1, 0.15) is 0 Å². The molecule has 0 aliphatic rings. The lowest BCUT2D eigenvalue weighted by atomic mass is 10.2. The summed E-state index contributed by atoms with van der Waals surface area (Å²) in [5.74, 6) is -0.165. The minimum absolute atomic E-state index is 0.0242. The molecule has 0 fully saturated rings. The highest BCUT2D eigenvalue weighted by atomic mass is 16.2. The van der Waals surface area contributed by atoms with Crippen molar-refractivity contribution in [3.8, 4) is 0 Å². The van der Waals surface area contributed by atoms with Gasteiger partial charge in [-0.25, -0.2) is 4.98 Å². The molecule has 0 atom stereocenters. The molecule has 0 unspecified atom stereocenters. The standard InChI is InChI=1S/C12H14N4O2/c1-15(2)11(17)6-16-7-14-10-4-3-8(13)5-9(10)12(16)18/h3-5,7H,6,13H2,1-2H3. The molecule has 6 heteroatoms. The van der Waals surface area contributed by atoms with Gasteiger partial charge < -0.3 is 10.6 Å². The van der Waals surface area contributed by atoms with Gasteiger partial charge in [-0.1, -0.05) is 0 Å². The van der Waals surface area contributed by atoms with E-state index in [-0.39, 0.29) is 18.0 Å². The minimum Gasteiger partial charge on any atom is -0.399 e. The molecule has 0 bridgehead atoms. The highest BCUT2D eigenvalue weighted by Gasteiger charge is 2.09. The molecule has 2 aromatic rings. The normalized spacial score (nSPS) is 10.6. The van der Waals surface area contributed by atoms with Gasteiger partial charge in [0.15, 0.2) is 0 Å². The van der Waals surface area contributed by atoms with Crippen LogP contribution in [0.4, 0.5) is 5.69 Å². The summed E-state index contributed by atoms with van der Waals surface area (Å²) < 4.78 is 1.28. The van der Waals surface area contributed by atoms with Gasteiger partial charge in [0.25, 0.3) is 5.56 Å². The highest BCUT2D eigenvalue weighted by molar-refractivity contribution is 5.81. The number of hydrogen-bond donors (Lipinski definition) is 1. The number of nitrogen functional groups attached to an aromatic ring is 1. The third-order valence-electron chi connectivity index (χ3n) is 2.65. The second kappa shape index (κ2) is 4.48. The monoisotopic (exact) mass is 246 g/mol. The number of nitrogens with two attached hydrogens (primary N) is 1. The fourth-order valence-electron chi connectivity index (χ4n) is 1.58. The molecule has 0 saturated heterocycles. The number of hydrogen-bond acceptors (Lipinski definition) is 4. The first-order chi connectivity index (χ1) is 8.49. The lowest BCUT2D eigenvalue weighted by Crippen LogP contribution is -2.31. The van der Waals surface area contributed by atoms with Crippen LogP contribution in [0.3, 0.4) is 0 Å². The summed E-state index contributed by atoms with van der Waals surface area (Å²) in [7, 11) is 3.28. The third-order valence-corrected chi connectivity index (χ3v) is 2.65. The maximum atomic E-state index is 12.1. The molecule has 1 heterocycles. The fraction of sp³-hybridized carbons (Fsp3) is 0.250. The molecule has 6 nitrogen and oxygen atoms in total. The van der Waals surface area contributed by atoms with Crippen LogP contribution in [0, 0.1) is 0 Å². The van der Waals surface area contributed by atoms with Crippen molar-refractivity contribution in [2.24, 2.45) is 0 Å². The highest BCUT2D eigenvalue weighted by Crippen LogP contribution is 2.10. The number of amides is 1. The van der Waals surface area contributed by atoms with E-state index in [1.807, 2.05) is 0 Å². The van der Waals surface area contributed by atoms with Crippen LogP contribution < -0.4 is 11.3 Å². The van der Waals surface area contributed by atoms with Crippen LogP contribution in [0.25, 0.3) is 10.9 Å². The van der Waals surface area contributed by atoms with E-state index in [9.17, 15) is 9.59 Å². The lowest BCUT2D eigenvalue weighted by Gasteiger charge is -2.11. The van der Waals surface area contributed by atoms with Crippen molar-refractivity contribution in [1.82, 2.24) is 14.5 Å². The minimum atomic E-state index is -0.262. The third kappa shape index (κ3) is 2.17. The van der Waals surface area contributed by atoms with Crippen LogP contribution in [0.2, 0.25) is 0 Å². The van der Waals surface area contributed by atoms with Crippen molar-refractivity contribution in [3.05, 3.63) is 34.9 Å². The predicted octanol–water partition coefficient (Wildman–Crippen LogP) is 0.0669. The summed E-state index contributed by atoms with van der Waals surface area (Å²) in [5.41, 5.74) is 6.45. The number of nitrogens with zero attached hydrogens (tertiary/aromatic N) is 3. The molecule has 0 spiro atoms. The maximum Gasteiger partial charge on any atom is 0.261 e. The largest absolute Gasteiger partial charge is 0.399 e. The summed E-state index contributed by atoms with van der Waals surface area (Å²) in [4.78, 5) is 29.3. The molecule has 94 valence electrons. The molecule has 0 saturated carbocycles. The van der Waals surface area contributed by atoms with E-state index in [1.165, 1.54) is 15.8 Å². The van der Waals surface area contributed by atoms with Gasteiger partial charge in [-0.15, -0.1) is 0 Å². The summed E-state index contributed by atoms with van der Waals surface area (Å²) in [6.07, 6.45) is 1.38. The van der Waals surface area contributed by atoms with Crippen molar-refractivity contribution in [2.75, 3.05) is 19.8 Å². The van der Waals surface area contributed by atoms with E-state index in [4.69, 9.17) is 5.73 Å². The Morgan fingerprint density at radius 3 is 2.83 bits per heavy atom. The number of anilines is 1. The Bertz CT molecular complexity index is 661. The molecule has 0 radical (unpaired) electrons. The van der Waals surface area contributed by atoms with Crippen LogP contribution in [-0.4, -0.2) is 34.5 Å². The second-order valence-electron chi connectivity index (χ2n) is 4.24. The Hall–Kier alpha value is -2.37. The van der Waals surface area contributed by atoms with E-state index >= 15 is 0 Å². The van der Waals surface area contributed by atoms with Gasteiger partial charge in [0.1, 0.15) is 6.54 Å². The first kappa shape index (κ1) is 12.1. The fourth-order valence-corrected chi connectivity index (χ4v) is 1.58. The van der Waals surface area contributed by atoms with E-state index in [0.29, 0.717) is 16.6 Å². The molecule has 2 N–H and O–H groups in total. The number of fused-ring (bicyclic) bond motifs is 1. The Balaban J connectivity index is 2.51. The van der Waals surface area contributed by atoms with Crippen molar-refractivity contribution in [2.45, 2.75) is 6.54 Å². The molecule has 1 aromatic carbocycles. The molecule has 1 aromatic heterocycles. The molecular formula is C12H14N4O2.